The van der Waals surface area contributed by atoms with Crippen molar-refractivity contribution in [2.45, 2.75) is 6.42 Å². The predicted octanol–water partition coefficient (Wildman–Crippen LogP) is 2.38. The minimum absolute atomic E-state index is 0.0702. The second-order valence-corrected chi connectivity index (χ2v) is 4.84. The van der Waals surface area contributed by atoms with Crippen LogP contribution in [0.2, 0.25) is 5.02 Å². The summed E-state index contributed by atoms with van der Waals surface area (Å²) >= 11 is 9.07. The van der Waals surface area contributed by atoms with E-state index in [1.165, 1.54) is 0 Å². The molecule has 0 aliphatic rings. The van der Waals surface area contributed by atoms with Crippen molar-refractivity contribution in [1.29, 1.82) is 0 Å². The van der Waals surface area contributed by atoms with Gasteiger partial charge in [0.2, 0.25) is 0 Å². The minimum Gasteiger partial charge on any atom is -0.543 e. The van der Waals surface area contributed by atoms with E-state index in [4.69, 9.17) is 11.6 Å². The van der Waals surface area contributed by atoms with Crippen LogP contribution in [-0.2, 0) is 6.42 Å². The van der Waals surface area contributed by atoms with Gasteiger partial charge in [0.25, 0.3) is 0 Å². The molecule has 0 spiro atoms. The standard InChI is InChI=1S/C12H9BrClNO2/c13-11-8(6-10(15-11)12(16)17)5-7-1-3-9(14)4-2-7/h1-4,6,15H,5H2,(H,16,17)/p-1. The Balaban J connectivity index is 2.24. The van der Waals surface area contributed by atoms with E-state index in [1.54, 1.807) is 18.2 Å². The fourth-order valence-corrected chi connectivity index (χ4v) is 2.13. The zero-order valence-corrected chi connectivity index (χ0v) is 11.0. The number of hydrogen-bond acceptors (Lipinski definition) is 2. The van der Waals surface area contributed by atoms with E-state index in [0.29, 0.717) is 16.0 Å². The number of rotatable bonds is 3. The van der Waals surface area contributed by atoms with Crippen LogP contribution in [0.5, 0.6) is 0 Å². The molecule has 0 atom stereocenters. The number of carboxylic acids is 1. The Kier molecular flexibility index (Phi) is 3.54. The number of H-pyrrole nitrogens is 1. The van der Waals surface area contributed by atoms with Gasteiger partial charge in [-0.3, -0.25) is 0 Å². The molecule has 5 heteroatoms. The molecule has 0 aliphatic carbocycles. The van der Waals surface area contributed by atoms with E-state index in [1.807, 2.05) is 12.1 Å². The van der Waals surface area contributed by atoms with Crippen molar-refractivity contribution < 1.29 is 9.90 Å². The highest BCUT2D eigenvalue weighted by atomic mass is 79.9. The Morgan fingerprint density at radius 1 is 1.35 bits per heavy atom. The van der Waals surface area contributed by atoms with Gasteiger partial charge in [-0.25, -0.2) is 0 Å². The van der Waals surface area contributed by atoms with Gasteiger partial charge in [0, 0.05) is 11.4 Å². The van der Waals surface area contributed by atoms with E-state index < -0.39 is 5.97 Å². The van der Waals surface area contributed by atoms with Crippen LogP contribution >= 0.6 is 27.5 Å². The summed E-state index contributed by atoms with van der Waals surface area (Å²) in [5.41, 5.74) is 1.99. The van der Waals surface area contributed by atoms with Crippen molar-refractivity contribution in [1.82, 2.24) is 4.98 Å². The molecule has 0 aliphatic heterocycles. The van der Waals surface area contributed by atoms with Crippen LogP contribution in [0.1, 0.15) is 21.6 Å². The molecule has 1 N–H and O–H groups in total. The van der Waals surface area contributed by atoms with Crippen molar-refractivity contribution in [3.63, 3.8) is 0 Å². The van der Waals surface area contributed by atoms with Crippen molar-refractivity contribution in [3.8, 4) is 0 Å². The normalized spacial score (nSPS) is 10.5. The van der Waals surface area contributed by atoms with Gasteiger partial charge >= 0.3 is 0 Å². The van der Waals surface area contributed by atoms with Crippen LogP contribution in [0.3, 0.4) is 0 Å². The van der Waals surface area contributed by atoms with Crippen LogP contribution in [0.15, 0.2) is 34.9 Å². The zero-order chi connectivity index (χ0) is 12.4. The van der Waals surface area contributed by atoms with Gasteiger partial charge in [-0.15, -0.1) is 0 Å². The number of aromatic carboxylic acids is 1. The molecule has 0 fully saturated rings. The first-order chi connectivity index (χ1) is 8.06. The molecule has 0 bridgehead atoms. The SMILES string of the molecule is O=C([O-])c1cc(Cc2ccc(Cl)cc2)c(Br)[nH]1. The number of hydrogen-bond donors (Lipinski definition) is 1. The second-order valence-electron chi connectivity index (χ2n) is 3.61. The van der Waals surface area contributed by atoms with Gasteiger partial charge in [-0.1, -0.05) is 23.7 Å². The number of benzene rings is 1. The first-order valence-corrected chi connectivity index (χ1v) is 6.06. The Bertz CT molecular complexity index is 548. The lowest BCUT2D eigenvalue weighted by Gasteiger charge is -2.00. The van der Waals surface area contributed by atoms with Crippen molar-refractivity contribution in [2.75, 3.05) is 0 Å². The number of carboxylic acid groups (broad SMARTS) is 1. The molecule has 3 nitrogen and oxygen atoms in total. The number of nitrogens with one attached hydrogen (secondary N) is 1. The number of halogens is 2. The van der Waals surface area contributed by atoms with Crippen LogP contribution < -0.4 is 5.11 Å². The van der Waals surface area contributed by atoms with E-state index >= 15 is 0 Å². The third kappa shape index (κ3) is 2.90. The average Bonchev–Trinajstić information content (AvgIpc) is 2.64. The largest absolute Gasteiger partial charge is 0.543 e. The highest BCUT2D eigenvalue weighted by molar-refractivity contribution is 9.10. The van der Waals surface area contributed by atoms with Crippen LogP contribution in [0.25, 0.3) is 0 Å². The summed E-state index contributed by atoms with van der Waals surface area (Å²) in [7, 11) is 0. The summed E-state index contributed by atoms with van der Waals surface area (Å²) in [5.74, 6) is -1.21. The van der Waals surface area contributed by atoms with Gasteiger partial charge in [-0.05, 0) is 45.3 Å². The molecule has 1 aromatic carbocycles. The number of carbonyl (C=O) groups is 1. The molecule has 1 heterocycles. The van der Waals surface area contributed by atoms with E-state index in [0.717, 1.165) is 11.1 Å². The third-order valence-corrected chi connectivity index (χ3v) is 3.33. The molecular weight excluding hydrogens is 305 g/mol. The molecule has 0 unspecified atom stereocenters. The highest BCUT2D eigenvalue weighted by Crippen LogP contribution is 2.21. The van der Waals surface area contributed by atoms with Gasteiger partial charge in [-0.2, -0.15) is 0 Å². The molecule has 0 saturated heterocycles. The van der Waals surface area contributed by atoms with Crippen molar-refractivity contribution >= 4 is 33.5 Å². The fraction of sp³-hybridized carbons (Fsp3) is 0.0833. The monoisotopic (exact) mass is 312 g/mol. The molecule has 17 heavy (non-hydrogen) atoms. The molecule has 2 rings (SSSR count). The first-order valence-electron chi connectivity index (χ1n) is 4.89. The molecule has 0 saturated carbocycles. The van der Waals surface area contributed by atoms with Gasteiger partial charge in [0.1, 0.15) is 0 Å². The average molecular weight is 314 g/mol. The number of aromatic nitrogens is 1. The summed E-state index contributed by atoms with van der Waals surface area (Å²) in [6.45, 7) is 0. The number of carbonyl (C=O) groups excluding carboxylic acids is 1. The maximum atomic E-state index is 10.7. The van der Waals surface area contributed by atoms with Crippen LogP contribution in [-0.4, -0.2) is 11.0 Å². The molecule has 88 valence electrons. The Morgan fingerprint density at radius 3 is 2.53 bits per heavy atom. The quantitative estimate of drug-likeness (QED) is 0.946. The van der Waals surface area contributed by atoms with Crippen LogP contribution in [0, 0.1) is 0 Å². The van der Waals surface area contributed by atoms with Crippen molar-refractivity contribution in [3.05, 3.63) is 56.8 Å². The molecule has 0 radical (unpaired) electrons. The molecular formula is C12H8BrClNO2-. The molecule has 1 aromatic heterocycles. The molecule has 2 aromatic rings. The first kappa shape index (κ1) is 12.2. The summed E-state index contributed by atoms with van der Waals surface area (Å²) in [5, 5.41) is 11.4. The summed E-state index contributed by atoms with van der Waals surface area (Å²) < 4.78 is 0.659. The van der Waals surface area contributed by atoms with E-state index in [9.17, 15) is 9.90 Å². The van der Waals surface area contributed by atoms with E-state index in [-0.39, 0.29) is 5.69 Å². The molecule has 0 amide bonds. The Labute approximate surface area is 112 Å². The predicted molar refractivity (Wildman–Crippen MR) is 67.1 cm³/mol. The summed E-state index contributed by atoms with van der Waals surface area (Å²) in [4.78, 5) is 13.4. The minimum atomic E-state index is -1.21. The van der Waals surface area contributed by atoms with Crippen molar-refractivity contribution in [2.24, 2.45) is 0 Å². The second kappa shape index (κ2) is 4.94. The Morgan fingerprint density at radius 2 is 2.00 bits per heavy atom. The lowest BCUT2D eigenvalue weighted by molar-refractivity contribution is -0.255. The third-order valence-electron chi connectivity index (χ3n) is 2.37. The van der Waals surface area contributed by atoms with Crippen LogP contribution in [0.4, 0.5) is 0 Å². The lowest BCUT2D eigenvalue weighted by Crippen LogP contribution is -2.22. The summed E-state index contributed by atoms with van der Waals surface area (Å²) in [6.07, 6.45) is 0.627. The van der Waals surface area contributed by atoms with Gasteiger partial charge in [0.15, 0.2) is 0 Å². The van der Waals surface area contributed by atoms with Gasteiger partial charge in [0.05, 0.1) is 16.3 Å². The Hall–Kier alpha value is -1.26. The topological polar surface area (TPSA) is 55.9 Å². The summed E-state index contributed by atoms with van der Waals surface area (Å²) in [6, 6.07) is 8.98. The highest BCUT2D eigenvalue weighted by Gasteiger charge is 2.07. The van der Waals surface area contributed by atoms with Gasteiger partial charge < -0.3 is 14.9 Å². The number of aromatic amines is 1. The smallest absolute Gasteiger partial charge is 0.0878 e. The zero-order valence-electron chi connectivity index (χ0n) is 8.67. The fourth-order valence-electron chi connectivity index (χ4n) is 1.53. The van der Waals surface area contributed by atoms with E-state index in [2.05, 4.69) is 20.9 Å². The lowest BCUT2D eigenvalue weighted by atomic mass is 10.1. The maximum absolute atomic E-state index is 10.7. The maximum Gasteiger partial charge on any atom is 0.0878 e.